The Bertz CT molecular complexity index is 597. The molecule has 2 aromatic carbocycles. The van der Waals surface area contributed by atoms with Crippen LogP contribution in [0.25, 0.3) is 0 Å². The van der Waals surface area contributed by atoms with Gasteiger partial charge in [0.05, 0.1) is 5.56 Å². The number of benzene rings is 2. The molecule has 0 aliphatic rings. The molecule has 5 heteroatoms. The van der Waals surface area contributed by atoms with Crippen LogP contribution in [0.3, 0.4) is 0 Å². The van der Waals surface area contributed by atoms with Gasteiger partial charge in [0, 0.05) is 19.6 Å². The highest BCUT2D eigenvalue weighted by atomic mass is 79.9. The predicted molar refractivity (Wildman–Crippen MR) is 84.8 cm³/mol. The van der Waals surface area contributed by atoms with E-state index < -0.39 is 5.97 Å². The molecule has 2 nitrogen and oxygen atoms in total. The summed E-state index contributed by atoms with van der Waals surface area (Å²) in [4.78, 5) is 12.0. The van der Waals surface area contributed by atoms with E-state index in [1.54, 1.807) is 23.9 Å². The number of carboxylic acid groups (broad SMARTS) is 1. The number of carboxylic acids is 1. The third kappa shape index (κ3) is 4.09. The van der Waals surface area contributed by atoms with Gasteiger partial charge >= 0.3 is 5.97 Å². The van der Waals surface area contributed by atoms with Crippen molar-refractivity contribution in [2.24, 2.45) is 0 Å². The summed E-state index contributed by atoms with van der Waals surface area (Å²) in [6.45, 7) is 0. The third-order valence-electron chi connectivity index (χ3n) is 2.51. The zero-order valence-electron chi connectivity index (χ0n) is 9.77. The summed E-state index contributed by atoms with van der Waals surface area (Å²) in [7, 11) is 0. The first-order valence-electron chi connectivity index (χ1n) is 5.46. The molecule has 0 saturated heterocycles. The quantitative estimate of drug-likeness (QED) is 0.715. The van der Waals surface area contributed by atoms with Crippen molar-refractivity contribution in [3.05, 3.63) is 62.5 Å². The highest BCUT2D eigenvalue weighted by molar-refractivity contribution is 9.10. The molecule has 0 aromatic heterocycles. The molecule has 0 aliphatic heterocycles. The fraction of sp³-hybridized carbons (Fsp3) is 0.0714. The number of hydrogen-bond acceptors (Lipinski definition) is 2. The van der Waals surface area contributed by atoms with E-state index in [9.17, 15) is 4.79 Å². The van der Waals surface area contributed by atoms with Crippen molar-refractivity contribution in [3.8, 4) is 0 Å². The summed E-state index contributed by atoms with van der Waals surface area (Å²) in [6.07, 6.45) is 0. The van der Waals surface area contributed by atoms with E-state index in [1.165, 1.54) is 4.90 Å². The first-order valence-corrected chi connectivity index (χ1v) is 8.03. The maximum absolute atomic E-state index is 10.8. The monoisotopic (exact) mass is 400 g/mol. The number of thioether (sulfide) groups is 1. The minimum atomic E-state index is -0.909. The van der Waals surface area contributed by atoms with Crippen LogP contribution in [0.5, 0.6) is 0 Å². The molecule has 0 bridgehead atoms. The predicted octanol–water partition coefficient (Wildman–Crippen LogP) is 5.20. The Morgan fingerprint density at radius 3 is 2.37 bits per heavy atom. The van der Waals surface area contributed by atoms with Crippen LogP contribution in [-0.4, -0.2) is 11.1 Å². The number of hydrogen-bond donors (Lipinski definition) is 1. The van der Waals surface area contributed by atoms with E-state index >= 15 is 0 Å². The van der Waals surface area contributed by atoms with Gasteiger partial charge in [0.2, 0.25) is 0 Å². The minimum absolute atomic E-state index is 0.296. The van der Waals surface area contributed by atoms with Crippen LogP contribution in [0.15, 0.2) is 56.3 Å². The molecule has 2 rings (SSSR count). The van der Waals surface area contributed by atoms with Crippen molar-refractivity contribution < 1.29 is 9.90 Å². The van der Waals surface area contributed by atoms with Crippen molar-refractivity contribution in [2.75, 3.05) is 0 Å². The average Bonchev–Trinajstić information content (AvgIpc) is 2.39. The molecule has 0 amide bonds. The van der Waals surface area contributed by atoms with Crippen LogP contribution in [0.2, 0.25) is 0 Å². The maximum atomic E-state index is 10.8. The van der Waals surface area contributed by atoms with E-state index in [1.807, 2.05) is 30.3 Å². The average molecular weight is 402 g/mol. The highest BCUT2D eigenvalue weighted by Crippen LogP contribution is 2.28. The summed E-state index contributed by atoms with van der Waals surface area (Å²) in [5, 5.41) is 8.90. The van der Waals surface area contributed by atoms with Gasteiger partial charge in [0.1, 0.15) is 0 Å². The SMILES string of the molecule is O=C(O)c1ccc(CSc2ccc(Br)cc2)c(Br)c1. The Morgan fingerprint density at radius 1 is 1.11 bits per heavy atom. The van der Waals surface area contributed by atoms with Gasteiger partial charge < -0.3 is 5.11 Å². The molecule has 0 aliphatic carbocycles. The van der Waals surface area contributed by atoms with Gasteiger partial charge in [-0.2, -0.15) is 0 Å². The van der Waals surface area contributed by atoms with Crippen LogP contribution in [0.1, 0.15) is 15.9 Å². The summed E-state index contributed by atoms with van der Waals surface area (Å²) in [5.74, 6) is -0.116. The van der Waals surface area contributed by atoms with Gasteiger partial charge in [-0.3, -0.25) is 0 Å². The Morgan fingerprint density at radius 2 is 1.79 bits per heavy atom. The molecule has 0 spiro atoms. The molecule has 0 atom stereocenters. The zero-order valence-corrected chi connectivity index (χ0v) is 13.8. The summed E-state index contributed by atoms with van der Waals surface area (Å²) < 4.78 is 1.89. The second kappa shape index (κ2) is 6.59. The summed E-state index contributed by atoms with van der Waals surface area (Å²) >= 11 is 8.53. The largest absolute Gasteiger partial charge is 0.478 e. The number of halogens is 2. The maximum Gasteiger partial charge on any atom is 0.335 e. The lowest BCUT2D eigenvalue weighted by molar-refractivity contribution is 0.0697. The van der Waals surface area contributed by atoms with Gasteiger partial charge in [0.15, 0.2) is 0 Å². The first kappa shape index (κ1) is 14.6. The highest BCUT2D eigenvalue weighted by Gasteiger charge is 2.07. The van der Waals surface area contributed by atoms with Gasteiger partial charge in [-0.15, -0.1) is 11.8 Å². The fourth-order valence-electron chi connectivity index (χ4n) is 1.49. The van der Waals surface area contributed by atoms with E-state index in [2.05, 4.69) is 31.9 Å². The van der Waals surface area contributed by atoms with E-state index in [4.69, 9.17) is 5.11 Å². The number of rotatable bonds is 4. The van der Waals surface area contributed by atoms with Crippen molar-refractivity contribution in [3.63, 3.8) is 0 Å². The van der Waals surface area contributed by atoms with Crippen LogP contribution in [0, 0.1) is 0 Å². The molecule has 0 unspecified atom stereocenters. The zero-order chi connectivity index (χ0) is 13.8. The standard InChI is InChI=1S/C14H10Br2O2S/c15-11-3-5-12(6-4-11)19-8-10-2-1-9(14(17)18)7-13(10)16/h1-7H,8H2,(H,17,18). The molecule has 0 fully saturated rings. The first-order chi connectivity index (χ1) is 9.06. The topological polar surface area (TPSA) is 37.3 Å². The Hall–Kier alpha value is -0.780. The molecular weight excluding hydrogens is 392 g/mol. The van der Waals surface area contributed by atoms with Crippen molar-refractivity contribution in [2.45, 2.75) is 10.6 Å². The van der Waals surface area contributed by atoms with Crippen molar-refractivity contribution in [1.29, 1.82) is 0 Å². The molecular formula is C14H10Br2O2S. The smallest absolute Gasteiger partial charge is 0.335 e. The van der Waals surface area contributed by atoms with E-state index in [0.29, 0.717) is 5.56 Å². The molecule has 0 saturated carbocycles. The van der Waals surface area contributed by atoms with E-state index in [0.717, 1.165) is 20.3 Å². The second-order valence-corrected chi connectivity index (χ2v) is 6.67. The Balaban J connectivity index is 2.07. The minimum Gasteiger partial charge on any atom is -0.478 e. The van der Waals surface area contributed by atoms with Crippen LogP contribution in [-0.2, 0) is 5.75 Å². The lowest BCUT2D eigenvalue weighted by Crippen LogP contribution is -1.96. The lowest BCUT2D eigenvalue weighted by Gasteiger charge is -2.06. The van der Waals surface area contributed by atoms with Gasteiger partial charge in [0.25, 0.3) is 0 Å². The Kier molecular flexibility index (Phi) is 5.07. The Labute approximate surface area is 132 Å². The number of aromatic carboxylic acids is 1. The van der Waals surface area contributed by atoms with Gasteiger partial charge in [-0.05, 0) is 42.0 Å². The molecule has 0 radical (unpaired) electrons. The van der Waals surface area contributed by atoms with Crippen LogP contribution in [0.4, 0.5) is 0 Å². The van der Waals surface area contributed by atoms with Gasteiger partial charge in [-0.1, -0.05) is 37.9 Å². The lowest BCUT2D eigenvalue weighted by atomic mass is 10.1. The molecule has 0 heterocycles. The van der Waals surface area contributed by atoms with Crippen LogP contribution >= 0.6 is 43.6 Å². The normalized spacial score (nSPS) is 10.4. The van der Waals surface area contributed by atoms with Crippen LogP contribution < -0.4 is 0 Å². The molecule has 98 valence electrons. The summed E-state index contributed by atoms with van der Waals surface area (Å²) in [5.41, 5.74) is 1.38. The molecule has 1 N–H and O–H groups in total. The fourth-order valence-corrected chi connectivity index (χ4v) is 3.36. The number of carbonyl (C=O) groups is 1. The third-order valence-corrected chi connectivity index (χ3v) is 4.84. The summed E-state index contributed by atoms with van der Waals surface area (Å²) in [6, 6.07) is 13.2. The van der Waals surface area contributed by atoms with Crippen molar-refractivity contribution in [1.82, 2.24) is 0 Å². The second-order valence-electron chi connectivity index (χ2n) is 3.85. The van der Waals surface area contributed by atoms with Gasteiger partial charge in [-0.25, -0.2) is 4.79 Å². The molecule has 2 aromatic rings. The van der Waals surface area contributed by atoms with Crippen molar-refractivity contribution >= 4 is 49.6 Å². The molecule has 19 heavy (non-hydrogen) atoms. The van der Waals surface area contributed by atoms with E-state index in [-0.39, 0.29) is 0 Å².